The van der Waals surface area contributed by atoms with Crippen LogP contribution in [-0.4, -0.2) is 35.2 Å². The lowest BCUT2D eigenvalue weighted by atomic mass is 10.1. The number of aliphatic hydroxyl groups excluding tert-OH is 1. The van der Waals surface area contributed by atoms with Crippen LogP contribution in [0.25, 0.3) is 0 Å². The van der Waals surface area contributed by atoms with E-state index in [-0.39, 0.29) is 24.0 Å². The number of likely N-dealkylation sites (tertiary alicyclic amines) is 1. The first-order valence-electron chi connectivity index (χ1n) is 8.34. The molecule has 1 N–H and O–H groups in total. The summed E-state index contributed by atoms with van der Waals surface area (Å²) >= 11 is 12.6. The van der Waals surface area contributed by atoms with Gasteiger partial charge >= 0.3 is 0 Å². The molecule has 1 aliphatic heterocycles. The molecule has 0 radical (unpaired) electrons. The molecule has 0 unspecified atom stereocenters. The van der Waals surface area contributed by atoms with Gasteiger partial charge in [-0.15, -0.1) is 0 Å². The molecule has 2 aromatic carbocycles. The largest absolute Gasteiger partial charge is 0.481 e. The van der Waals surface area contributed by atoms with Crippen molar-refractivity contribution in [2.45, 2.75) is 31.1 Å². The molecule has 1 aliphatic carbocycles. The molecule has 0 amide bonds. The van der Waals surface area contributed by atoms with E-state index in [1.807, 2.05) is 6.07 Å². The van der Waals surface area contributed by atoms with Crippen LogP contribution in [0.2, 0.25) is 10.0 Å². The zero-order valence-electron chi connectivity index (χ0n) is 13.5. The zero-order chi connectivity index (χ0) is 17.6. The van der Waals surface area contributed by atoms with E-state index in [4.69, 9.17) is 27.9 Å². The van der Waals surface area contributed by atoms with Crippen molar-refractivity contribution in [2.24, 2.45) is 0 Å². The van der Waals surface area contributed by atoms with Crippen molar-refractivity contribution in [1.82, 2.24) is 4.90 Å². The van der Waals surface area contributed by atoms with Crippen LogP contribution in [0.15, 0.2) is 36.4 Å². The van der Waals surface area contributed by atoms with E-state index < -0.39 is 5.82 Å². The summed E-state index contributed by atoms with van der Waals surface area (Å²) in [7, 11) is 0. The Hall–Kier alpha value is -1.33. The van der Waals surface area contributed by atoms with E-state index in [9.17, 15) is 9.50 Å². The van der Waals surface area contributed by atoms with Crippen LogP contribution < -0.4 is 4.74 Å². The zero-order valence-corrected chi connectivity index (χ0v) is 15.0. The van der Waals surface area contributed by atoms with Gasteiger partial charge < -0.3 is 9.84 Å². The number of ether oxygens (including phenoxy) is 1. The normalized spacial score (nSPS) is 26.0. The van der Waals surface area contributed by atoms with E-state index in [1.54, 1.807) is 24.3 Å². The number of hydrogen-bond donors (Lipinski definition) is 1. The minimum absolute atomic E-state index is 0.0114. The average Bonchev–Trinajstić information content (AvgIpc) is 3.14. The Morgan fingerprint density at radius 2 is 2.00 bits per heavy atom. The van der Waals surface area contributed by atoms with Crippen molar-refractivity contribution in [2.75, 3.05) is 13.1 Å². The SMILES string of the molecule is O[C@@H]1CCN([C@H]2Cc3c(Cl)cc(Cl)cc3[C@@H]2Oc2ccccc2F)C1. The summed E-state index contributed by atoms with van der Waals surface area (Å²) in [6.45, 7) is 1.36. The Bertz CT molecular complexity index is 801. The van der Waals surface area contributed by atoms with Gasteiger partial charge in [0, 0.05) is 28.7 Å². The molecule has 0 spiro atoms. The summed E-state index contributed by atoms with van der Waals surface area (Å²) in [5.74, 6) is -0.189. The molecule has 2 aromatic rings. The van der Waals surface area contributed by atoms with E-state index in [2.05, 4.69) is 4.90 Å². The number of rotatable bonds is 3. The molecule has 3 nitrogen and oxygen atoms in total. The molecule has 132 valence electrons. The Morgan fingerprint density at radius 1 is 1.20 bits per heavy atom. The third-order valence-electron chi connectivity index (χ3n) is 5.02. The monoisotopic (exact) mass is 381 g/mol. The highest BCUT2D eigenvalue weighted by Crippen LogP contribution is 2.43. The average molecular weight is 382 g/mol. The number of nitrogens with zero attached hydrogens (tertiary/aromatic N) is 1. The van der Waals surface area contributed by atoms with Crippen LogP contribution in [0.3, 0.4) is 0 Å². The standard InChI is InChI=1S/C19H18Cl2FNO2/c20-11-7-14-13(15(21)8-11)9-17(23-6-5-12(24)10-23)19(14)25-18-4-2-1-3-16(18)22/h1-4,7-8,12,17,19,24H,5-6,9-10H2/t12-,17+,19+/m1/s1. The van der Waals surface area contributed by atoms with Gasteiger partial charge in [-0.1, -0.05) is 35.3 Å². The minimum atomic E-state index is -0.399. The molecule has 25 heavy (non-hydrogen) atoms. The fourth-order valence-electron chi connectivity index (χ4n) is 3.83. The molecule has 6 heteroatoms. The molecule has 0 aromatic heterocycles. The second-order valence-corrected chi connectivity index (χ2v) is 7.48. The number of fused-ring (bicyclic) bond motifs is 1. The third kappa shape index (κ3) is 3.24. The smallest absolute Gasteiger partial charge is 0.165 e. The third-order valence-corrected chi connectivity index (χ3v) is 5.57. The number of aliphatic hydroxyl groups is 1. The molecule has 3 atom stereocenters. The van der Waals surface area contributed by atoms with Gasteiger partial charge in [0.1, 0.15) is 6.10 Å². The number of hydrogen-bond acceptors (Lipinski definition) is 3. The fraction of sp³-hybridized carbons (Fsp3) is 0.368. The summed E-state index contributed by atoms with van der Waals surface area (Å²) < 4.78 is 20.2. The minimum Gasteiger partial charge on any atom is -0.481 e. The van der Waals surface area contributed by atoms with Gasteiger partial charge in [-0.05, 0) is 42.7 Å². The predicted molar refractivity (Wildman–Crippen MR) is 95.9 cm³/mol. The van der Waals surface area contributed by atoms with Crippen molar-refractivity contribution >= 4 is 23.2 Å². The lowest BCUT2D eigenvalue weighted by molar-refractivity contribution is 0.0791. The number of benzene rings is 2. The van der Waals surface area contributed by atoms with Gasteiger partial charge in [-0.3, -0.25) is 4.90 Å². The summed E-state index contributed by atoms with van der Waals surface area (Å²) in [5.41, 5.74) is 1.88. The summed E-state index contributed by atoms with van der Waals surface area (Å²) in [6, 6.07) is 9.94. The lowest BCUT2D eigenvalue weighted by Crippen LogP contribution is -2.39. The maximum atomic E-state index is 14.1. The van der Waals surface area contributed by atoms with Crippen LogP contribution in [0.1, 0.15) is 23.7 Å². The van der Waals surface area contributed by atoms with Gasteiger partial charge in [0.05, 0.1) is 12.1 Å². The van der Waals surface area contributed by atoms with Gasteiger partial charge in [0.15, 0.2) is 11.6 Å². The van der Waals surface area contributed by atoms with Crippen LogP contribution in [0.4, 0.5) is 4.39 Å². The summed E-state index contributed by atoms with van der Waals surface area (Å²) in [5, 5.41) is 11.0. The highest BCUT2D eigenvalue weighted by Gasteiger charge is 2.41. The molecule has 1 heterocycles. The Morgan fingerprint density at radius 3 is 2.72 bits per heavy atom. The molecule has 0 saturated carbocycles. The number of β-amino-alcohol motifs (C(OH)–C–C–N with tert-alkyl or cyclic N) is 1. The first-order chi connectivity index (χ1) is 12.0. The predicted octanol–water partition coefficient (Wildman–Crippen LogP) is 4.24. The second kappa shape index (κ2) is 6.76. The molecule has 1 fully saturated rings. The van der Waals surface area contributed by atoms with Crippen LogP contribution in [0.5, 0.6) is 5.75 Å². The lowest BCUT2D eigenvalue weighted by Gasteiger charge is -2.30. The molecule has 0 bridgehead atoms. The summed E-state index contributed by atoms with van der Waals surface area (Å²) in [4.78, 5) is 2.19. The molecular weight excluding hydrogens is 364 g/mol. The maximum Gasteiger partial charge on any atom is 0.165 e. The summed E-state index contributed by atoms with van der Waals surface area (Å²) in [6.07, 6.45) is 0.704. The Kier molecular flexibility index (Phi) is 4.63. The van der Waals surface area contributed by atoms with Gasteiger partial charge in [0.2, 0.25) is 0 Å². The number of halogens is 3. The van der Waals surface area contributed by atoms with Gasteiger partial charge in [0.25, 0.3) is 0 Å². The number of para-hydroxylation sites is 1. The Balaban J connectivity index is 1.72. The van der Waals surface area contributed by atoms with Crippen molar-refractivity contribution < 1.29 is 14.2 Å². The molecule has 4 rings (SSSR count). The second-order valence-electron chi connectivity index (χ2n) is 6.63. The van der Waals surface area contributed by atoms with Crippen molar-refractivity contribution in [3.05, 3.63) is 63.4 Å². The molecule has 2 aliphatic rings. The highest BCUT2D eigenvalue weighted by atomic mass is 35.5. The molecule has 1 saturated heterocycles. The van der Waals surface area contributed by atoms with E-state index in [0.29, 0.717) is 23.0 Å². The van der Waals surface area contributed by atoms with E-state index in [1.165, 1.54) is 6.07 Å². The quantitative estimate of drug-likeness (QED) is 0.862. The van der Waals surface area contributed by atoms with Crippen molar-refractivity contribution in [1.29, 1.82) is 0 Å². The van der Waals surface area contributed by atoms with Gasteiger partial charge in [-0.25, -0.2) is 4.39 Å². The fourth-order valence-corrected chi connectivity index (χ4v) is 4.41. The van der Waals surface area contributed by atoms with Crippen LogP contribution in [-0.2, 0) is 6.42 Å². The first kappa shape index (κ1) is 17.1. The first-order valence-corrected chi connectivity index (χ1v) is 9.09. The van der Waals surface area contributed by atoms with Crippen molar-refractivity contribution in [3.8, 4) is 5.75 Å². The van der Waals surface area contributed by atoms with Crippen molar-refractivity contribution in [3.63, 3.8) is 0 Å². The maximum absolute atomic E-state index is 14.1. The van der Waals surface area contributed by atoms with E-state index in [0.717, 1.165) is 24.1 Å². The topological polar surface area (TPSA) is 32.7 Å². The molecular formula is C19H18Cl2FNO2. The van der Waals surface area contributed by atoms with Gasteiger partial charge in [-0.2, -0.15) is 0 Å². The van der Waals surface area contributed by atoms with Crippen LogP contribution in [0, 0.1) is 5.82 Å². The Labute approximate surface area is 155 Å². The van der Waals surface area contributed by atoms with E-state index >= 15 is 0 Å². The highest BCUT2D eigenvalue weighted by molar-refractivity contribution is 6.35. The van der Waals surface area contributed by atoms with Crippen LogP contribution >= 0.6 is 23.2 Å².